The number of carboxylic acid groups (broad SMARTS) is 3. The van der Waals surface area contributed by atoms with Crippen molar-refractivity contribution < 1.29 is 59.7 Å². The smallest absolute Gasteiger partial charge is 0.404 e. The van der Waals surface area contributed by atoms with Crippen LogP contribution in [-0.4, -0.2) is 91.1 Å². The number of carboxylic acids is 3. The van der Waals surface area contributed by atoms with Gasteiger partial charge in [-0.25, -0.2) is 9.59 Å². The number of benzene rings is 1. The zero-order chi connectivity index (χ0) is 29.6. The highest BCUT2D eigenvalue weighted by Crippen LogP contribution is 2.20. The van der Waals surface area contributed by atoms with Crippen LogP contribution in [0.1, 0.15) is 25.8 Å². The van der Waals surface area contributed by atoms with Crippen LogP contribution < -0.4 is 5.73 Å². The van der Waals surface area contributed by atoms with Gasteiger partial charge in [-0.3, -0.25) is 9.59 Å². The van der Waals surface area contributed by atoms with Crippen molar-refractivity contribution in [3.05, 3.63) is 48.6 Å². The third kappa shape index (κ3) is 48.6. The Bertz CT molecular complexity index is 673. The van der Waals surface area contributed by atoms with Crippen LogP contribution in [0.15, 0.2) is 43.0 Å². The second-order valence-corrected chi connectivity index (χ2v) is 6.01. The van der Waals surface area contributed by atoms with Gasteiger partial charge < -0.3 is 46.2 Å². The molecule has 0 aliphatic rings. The third-order valence-electron chi connectivity index (χ3n) is 2.56. The molecule has 0 aliphatic heterocycles. The zero-order valence-electron chi connectivity index (χ0n) is 20.1. The Morgan fingerprint density at radius 2 is 1.28 bits per heavy atom. The second-order valence-electron chi connectivity index (χ2n) is 5.38. The molecule has 0 unspecified atom stereocenters. The molecular formula is C21H37NO12S2. The molecule has 0 atom stereocenters. The van der Waals surface area contributed by atoms with Gasteiger partial charge in [0.15, 0.2) is 5.79 Å². The average Bonchev–Trinajstić information content (AvgIpc) is 2.86. The molecule has 0 radical (unpaired) electrons. The molecule has 0 heterocycles. The standard InChI is InChI=1S/C9H12O2.C3H7NO2.C3H4O2.2C2H4O2S.C2H6O2/c1-2-9(10,11)8-6-4-3-5-7-8;1-2-6-3(4)5;1-2-3(4)5;2*3-2(4)1-5;3-1-2-4/h3-7,10-11H,2H2,1H3;2H2,1H3,(H2,4,5);2H,1H2,(H,4,5);2*5H,1H2,(H,3,4);3-4H,1-2H2. The van der Waals surface area contributed by atoms with Crippen molar-refractivity contribution in [3.63, 3.8) is 0 Å². The van der Waals surface area contributed by atoms with E-state index >= 15 is 0 Å². The van der Waals surface area contributed by atoms with Crippen LogP contribution in [0.3, 0.4) is 0 Å². The first-order valence-electron chi connectivity index (χ1n) is 9.81. The summed E-state index contributed by atoms with van der Waals surface area (Å²) < 4.78 is 4.18. The van der Waals surface area contributed by atoms with E-state index in [-0.39, 0.29) is 24.7 Å². The van der Waals surface area contributed by atoms with E-state index < -0.39 is 29.8 Å². The molecule has 9 N–H and O–H groups in total. The van der Waals surface area contributed by atoms with Gasteiger partial charge >= 0.3 is 24.0 Å². The van der Waals surface area contributed by atoms with Crippen molar-refractivity contribution in [2.45, 2.75) is 26.1 Å². The van der Waals surface area contributed by atoms with E-state index in [1.54, 1.807) is 38.1 Å². The summed E-state index contributed by atoms with van der Waals surface area (Å²) in [6.07, 6.45) is 0.425. The minimum atomic E-state index is -1.67. The van der Waals surface area contributed by atoms with Gasteiger partial charge in [0.2, 0.25) is 0 Å². The predicted molar refractivity (Wildman–Crippen MR) is 139 cm³/mol. The topological polar surface area (TPSA) is 245 Å². The molecule has 1 rings (SSSR count). The Morgan fingerprint density at radius 1 is 0.944 bits per heavy atom. The summed E-state index contributed by atoms with van der Waals surface area (Å²) >= 11 is 6.83. The van der Waals surface area contributed by atoms with Crippen LogP contribution >= 0.6 is 25.3 Å². The highest BCUT2D eigenvalue weighted by Gasteiger charge is 2.21. The maximum absolute atomic E-state index is 9.60. The first-order chi connectivity index (χ1) is 16.7. The summed E-state index contributed by atoms with van der Waals surface area (Å²) in [4.78, 5) is 37.4. The maximum atomic E-state index is 9.60. The van der Waals surface area contributed by atoms with E-state index in [1.807, 2.05) is 6.07 Å². The number of aliphatic hydroxyl groups is 4. The Labute approximate surface area is 220 Å². The molecule has 0 bridgehead atoms. The first-order valence-corrected chi connectivity index (χ1v) is 11.1. The van der Waals surface area contributed by atoms with Gasteiger partial charge in [-0.1, -0.05) is 43.8 Å². The number of aliphatic carboxylic acids is 3. The largest absolute Gasteiger partial charge is 0.481 e. The van der Waals surface area contributed by atoms with Crippen molar-refractivity contribution >= 4 is 49.3 Å². The van der Waals surface area contributed by atoms with E-state index in [1.165, 1.54) is 0 Å². The highest BCUT2D eigenvalue weighted by molar-refractivity contribution is 7.81. The fourth-order valence-corrected chi connectivity index (χ4v) is 1.05. The van der Waals surface area contributed by atoms with Gasteiger partial charge in [-0.05, 0) is 6.92 Å². The van der Waals surface area contributed by atoms with Gasteiger partial charge in [-0.15, -0.1) is 0 Å². The van der Waals surface area contributed by atoms with Crippen LogP contribution in [-0.2, 0) is 24.9 Å². The number of thiol groups is 2. The lowest BCUT2D eigenvalue weighted by molar-refractivity contribution is -0.171. The maximum Gasteiger partial charge on any atom is 0.404 e. The first kappa shape index (κ1) is 43.3. The van der Waals surface area contributed by atoms with Crippen LogP contribution in [0.5, 0.6) is 0 Å². The lowest BCUT2D eigenvalue weighted by atomic mass is 10.0. The average molecular weight is 560 g/mol. The number of nitrogens with two attached hydrogens (primary N) is 1. The van der Waals surface area contributed by atoms with E-state index in [9.17, 15) is 29.4 Å². The molecule has 0 saturated carbocycles. The zero-order valence-corrected chi connectivity index (χ0v) is 21.8. The van der Waals surface area contributed by atoms with E-state index in [4.69, 9.17) is 25.5 Å². The molecule has 0 aromatic heterocycles. The van der Waals surface area contributed by atoms with E-state index in [2.05, 4.69) is 42.3 Å². The number of amides is 1. The molecule has 36 heavy (non-hydrogen) atoms. The molecule has 1 aromatic carbocycles. The minimum absolute atomic E-state index is 0.0833. The fraction of sp³-hybridized carbons (Fsp3) is 0.429. The predicted octanol–water partition coefficient (Wildman–Crippen LogP) is 0.565. The quantitative estimate of drug-likeness (QED) is 0.125. The van der Waals surface area contributed by atoms with Crippen molar-refractivity contribution in [3.8, 4) is 0 Å². The molecule has 15 heteroatoms. The molecule has 1 aromatic rings. The van der Waals surface area contributed by atoms with Crippen molar-refractivity contribution in [1.29, 1.82) is 0 Å². The molecule has 0 fully saturated rings. The third-order valence-corrected chi connectivity index (χ3v) is 3.10. The summed E-state index contributed by atoms with van der Waals surface area (Å²) in [5, 5.41) is 56.8. The Kier molecular flexibility index (Phi) is 38.7. The lowest BCUT2D eigenvalue weighted by Crippen LogP contribution is -2.23. The molecule has 0 saturated heterocycles. The van der Waals surface area contributed by atoms with Gasteiger partial charge in [0, 0.05) is 18.1 Å². The number of hydrogen-bond donors (Lipinski definition) is 10. The van der Waals surface area contributed by atoms with Gasteiger partial charge in [0.25, 0.3) is 0 Å². The summed E-state index contributed by atoms with van der Waals surface area (Å²) in [5.74, 6) is -4.58. The summed E-state index contributed by atoms with van der Waals surface area (Å²) in [6.45, 7) is 6.50. The summed E-state index contributed by atoms with van der Waals surface area (Å²) in [6, 6.07) is 8.81. The second kappa shape index (κ2) is 32.2. The number of carbonyl (C=O) groups is 4. The molecule has 0 aliphatic carbocycles. The van der Waals surface area contributed by atoms with Crippen molar-refractivity contribution in [1.82, 2.24) is 0 Å². The van der Waals surface area contributed by atoms with Crippen LogP contribution in [0.2, 0.25) is 0 Å². The Hall–Kier alpha value is -2.82. The Morgan fingerprint density at radius 3 is 1.42 bits per heavy atom. The molecule has 13 nitrogen and oxygen atoms in total. The van der Waals surface area contributed by atoms with Gasteiger partial charge in [0.05, 0.1) is 31.3 Å². The molecule has 1 amide bonds. The molecule has 210 valence electrons. The van der Waals surface area contributed by atoms with Crippen LogP contribution in [0, 0.1) is 0 Å². The highest BCUT2D eigenvalue weighted by atomic mass is 32.1. The lowest BCUT2D eigenvalue weighted by Gasteiger charge is -2.19. The van der Waals surface area contributed by atoms with E-state index in [0.29, 0.717) is 18.6 Å². The van der Waals surface area contributed by atoms with Crippen molar-refractivity contribution in [2.24, 2.45) is 5.73 Å². The fourth-order valence-electron chi connectivity index (χ4n) is 1.05. The number of primary amides is 1. The minimum Gasteiger partial charge on any atom is -0.481 e. The summed E-state index contributed by atoms with van der Waals surface area (Å²) in [5.41, 5.74) is 5.09. The van der Waals surface area contributed by atoms with Crippen LogP contribution in [0.4, 0.5) is 4.79 Å². The van der Waals surface area contributed by atoms with Gasteiger partial charge in [0.1, 0.15) is 0 Å². The molecule has 0 spiro atoms. The molecular weight excluding hydrogens is 522 g/mol. The number of rotatable bonds is 7. The monoisotopic (exact) mass is 559 g/mol. The van der Waals surface area contributed by atoms with Gasteiger partial charge in [-0.2, -0.15) is 25.3 Å². The number of aliphatic hydroxyl groups excluding tert-OH is 2. The number of ether oxygens (including phenoxy) is 1. The normalized spacial score (nSPS) is 8.56. The Balaban J connectivity index is -0.000000112. The summed E-state index contributed by atoms with van der Waals surface area (Å²) in [7, 11) is 0. The number of carbonyl (C=O) groups excluding carboxylic acids is 1. The van der Waals surface area contributed by atoms with Crippen molar-refractivity contribution in [2.75, 3.05) is 31.3 Å². The van der Waals surface area contributed by atoms with E-state index in [0.717, 1.165) is 6.08 Å². The van der Waals surface area contributed by atoms with Crippen LogP contribution in [0.25, 0.3) is 0 Å². The number of hydrogen-bond acceptors (Lipinski definition) is 11. The SMILES string of the molecule is C=CC(=O)O.CCC(O)(O)c1ccccc1.CCOC(N)=O.O=C(O)CS.O=C(O)CS.OCCO.